The second kappa shape index (κ2) is 7.90. The number of aromatic nitrogens is 2. The van der Waals surface area contributed by atoms with Crippen molar-refractivity contribution < 1.29 is 4.79 Å². The summed E-state index contributed by atoms with van der Waals surface area (Å²) >= 11 is 0. The number of nitrogens with zero attached hydrogens (tertiary/aromatic N) is 3. The first-order valence-electron chi connectivity index (χ1n) is 8.09. The fraction of sp³-hybridized carbons (Fsp3) is 0.100. The van der Waals surface area contributed by atoms with E-state index in [1.807, 2.05) is 25.1 Å². The van der Waals surface area contributed by atoms with Crippen LogP contribution < -0.4 is 10.6 Å². The summed E-state index contributed by atoms with van der Waals surface area (Å²) in [6, 6.07) is 20.2. The van der Waals surface area contributed by atoms with Crippen molar-refractivity contribution in [3.8, 4) is 6.07 Å². The number of nitrogens with one attached hydrogen (secondary N) is 2. The smallest absolute Gasteiger partial charge is 0.276 e. The monoisotopic (exact) mass is 343 g/mol. The minimum absolute atomic E-state index is 0.202. The molecule has 3 rings (SSSR count). The Bertz CT molecular complexity index is 943. The molecule has 1 heterocycles. The van der Waals surface area contributed by atoms with Crippen LogP contribution in [-0.4, -0.2) is 16.1 Å². The van der Waals surface area contributed by atoms with Gasteiger partial charge in [-0.3, -0.25) is 4.79 Å². The first-order chi connectivity index (χ1) is 12.6. The molecule has 0 aliphatic rings. The Morgan fingerprint density at radius 2 is 1.88 bits per heavy atom. The molecule has 2 aromatic carbocycles. The number of rotatable bonds is 5. The highest BCUT2D eigenvalue weighted by Gasteiger charge is 2.09. The lowest BCUT2D eigenvalue weighted by Gasteiger charge is -2.07. The van der Waals surface area contributed by atoms with Crippen molar-refractivity contribution in [3.63, 3.8) is 0 Å². The lowest BCUT2D eigenvalue weighted by atomic mass is 10.1. The maximum atomic E-state index is 12.2. The summed E-state index contributed by atoms with van der Waals surface area (Å²) in [5.41, 5.74) is 3.57. The van der Waals surface area contributed by atoms with Crippen molar-refractivity contribution in [1.29, 1.82) is 5.26 Å². The second-order valence-corrected chi connectivity index (χ2v) is 5.79. The highest BCUT2D eigenvalue weighted by atomic mass is 16.1. The third-order valence-electron chi connectivity index (χ3n) is 3.74. The van der Waals surface area contributed by atoms with Crippen LogP contribution in [-0.2, 0) is 6.54 Å². The predicted octanol–water partition coefficient (Wildman–Crippen LogP) is 3.52. The molecule has 1 aromatic heterocycles. The van der Waals surface area contributed by atoms with Crippen LogP contribution in [0.4, 0.5) is 11.5 Å². The Morgan fingerprint density at radius 1 is 1.08 bits per heavy atom. The number of nitriles is 1. The number of benzene rings is 2. The number of aryl methyl sites for hydroxylation is 1. The van der Waals surface area contributed by atoms with E-state index in [2.05, 4.69) is 33.0 Å². The molecule has 0 unspecified atom stereocenters. The van der Waals surface area contributed by atoms with Gasteiger partial charge in [-0.15, -0.1) is 10.2 Å². The lowest BCUT2D eigenvalue weighted by molar-refractivity contribution is 0.102. The molecule has 6 heteroatoms. The van der Waals surface area contributed by atoms with E-state index >= 15 is 0 Å². The van der Waals surface area contributed by atoms with E-state index in [9.17, 15) is 4.79 Å². The summed E-state index contributed by atoms with van der Waals surface area (Å²) < 4.78 is 0. The predicted molar refractivity (Wildman–Crippen MR) is 99.6 cm³/mol. The topological polar surface area (TPSA) is 90.7 Å². The van der Waals surface area contributed by atoms with Crippen LogP contribution in [0.5, 0.6) is 0 Å². The summed E-state index contributed by atoms with van der Waals surface area (Å²) in [5.74, 6) is 0.214. The van der Waals surface area contributed by atoms with E-state index in [1.165, 1.54) is 5.56 Å². The van der Waals surface area contributed by atoms with E-state index < -0.39 is 0 Å². The Hall–Kier alpha value is -3.72. The van der Waals surface area contributed by atoms with Gasteiger partial charge in [-0.1, -0.05) is 35.9 Å². The largest absolute Gasteiger partial charge is 0.365 e. The molecule has 0 atom stereocenters. The van der Waals surface area contributed by atoms with Crippen molar-refractivity contribution in [2.24, 2.45) is 0 Å². The van der Waals surface area contributed by atoms with Crippen molar-refractivity contribution in [3.05, 3.63) is 83.0 Å². The molecule has 2 N–H and O–H groups in total. The zero-order valence-electron chi connectivity index (χ0n) is 14.2. The maximum Gasteiger partial charge on any atom is 0.276 e. The van der Waals surface area contributed by atoms with E-state index in [0.717, 1.165) is 5.56 Å². The van der Waals surface area contributed by atoms with Gasteiger partial charge in [-0.05, 0) is 42.8 Å². The number of amides is 1. The van der Waals surface area contributed by atoms with Gasteiger partial charge in [0.05, 0.1) is 11.6 Å². The van der Waals surface area contributed by atoms with E-state index in [-0.39, 0.29) is 11.6 Å². The zero-order valence-corrected chi connectivity index (χ0v) is 14.2. The van der Waals surface area contributed by atoms with E-state index in [1.54, 1.807) is 36.4 Å². The van der Waals surface area contributed by atoms with Crippen LogP contribution in [0.25, 0.3) is 0 Å². The standard InChI is InChI=1S/C20H17N5O/c1-14-5-7-15(8-6-14)13-22-19-10-9-18(24-25-19)20(26)23-17-4-2-3-16(11-17)12-21/h2-11H,13H2,1H3,(H,22,25)(H,23,26). The molecule has 6 nitrogen and oxygen atoms in total. The van der Waals surface area contributed by atoms with Gasteiger partial charge in [-0.25, -0.2) is 0 Å². The van der Waals surface area contributed by atoms with Crippen LogP contribution in [0.15, 0.2) is 60.7 Å². The third-order valence-corrected chi connectivity index (χ3v) is 3.74. The molecule has 0 saturated carbocycles. The van der Waals surface area contributed by atoms with Gasteiger partial charge in [0.2, 0.25) is 0 Å². The normalized spacial score (nSPS) is 10.0. The van der Waals surface area contributed by atoms with Crippen LogP contribution in [0.3, 0.4) is 0 Å². The van der Waals surface area contributed by atoms with Crippen molar-refractivity contribution in [1.82, 2.24) is 10.2 Å². The molecule has 0 fully saturated rings. The van der Waals surface area contributed by atoms with Crippen molar-refractivity contribution in [2.75, 3.05) is 10.6 Å². The first kappa shape index (κ1) is 17.1. The number of carbonyl (C=O) groups is 1. The number of hydrogen-bond acceptors (Lipinski definition) is 5. The van der Waals surface area contributed by atoms with Crippen LogP contribution in [0, 0.1) is 18.3 Å². The van der Waals surface area contributed by atoms with Crippen LogP contribution in [0.2, 0.25) is 0 Å². The maximum absolute atomic E-state index is 12.2. The summed E-state index contributed by atoms with van der Waals surface area (Å²) in [4.78, 5) is 12.2. The Morgan fingerprint density at radius 3 is 2.58 bits per heavy atom. The molecule has 3 aromatic rings. The van der Waals surface area contributed by atoms with Crippen molar-refractivity contribution in [2.45, 2.75) is 13.5 Å². The molecule has 0 radical (unpaired) electrons. The summed E-state index contributed by atoms with van der Waals surface area (Å²) in [6.07, 6.45) is 0. The molecule has 26 heavy (non-hydrogen) atoms. The average molecular weight is 343 g/mol. The molecule has 0 saturated heterocycles. The molecule has 128 valence electrons. The summed E-state index contributed by atoms with van der Waals surface area (Å²) in [6.45, 7) is 2.67. The lowest BCUT2D eigenvalue weighted by Crippen LogP contribution is -2.15. The number of hydrogen-bond donors (Lipinski definition) is 2. The first-order valence-corrected chi connectivity index (χ1v) is 8.09. The van der Waals surface area contributed by atoms with Gasteiger partial charge in [-0.2, -0.15) is 5.26 Å². The van der Waals surface area contributed by atoms with Gasteiger partial charge in [0.1, 0.15) is 5.82 Å². The van der Waals surface area contributed by atoms with Gasteiger partial charge in [0.25, 0.3) is 5.91 Å². The molecule has 1 amide bonds. The van der Waals surface area contributed by atoms with Gasteiger partial charge in [0.15, 0.2) is 5.69 Å². The third kappa shape index (κ3) is 4.42. The summed E-state index contributed by atoms with van der Waals surface area (Å²) in [7, 11) is 0. The summed E-state index contributed by atoms with van der Waals surface area (Å²) in [5, 5.41) is 22.8. The molecular weight excluding hydrogens is 326 g/mol. The van der Waals surface area contributed by atoms with Crippen LogP contribution in [0.1, 0.15) is 27.2 Å². The van der Waals surface area contributed by atoms with E-state index in [4.69, 9.17) is 5.26 Å². The average Bonchev–Trinajstić information content (AvgIpc) is 2.68. The van der Waals surface area contributed by atoms with Crippen LogP contribution >= 0.6 is 0 Å². The Labute approximate surface area is 151 Å². The minimum atomic E-state index is -0.377. The van der Waals surface area contributed by atoms with E-state index in [0.29, 0.717) is 23.6 Å². The Kier molecular flexibility index (Phi) is 5.20. The number of carbonyl (C=O) groups excluding carboxylic acids is 1. The fourth-order valence-corrected chi connectivity index (χ4v) is 2.31. The number of anilines is 2. The van der Waals surface area contributed by atoms with Gasteiger partial charge >= 0.3 is 0 Å². The molecule has 0 aliphatic heterocycles. The fourth-order valence-electron chi connectivity index (χ4n) is 2.31. The Balaban J connectivity index is 1.60. The minimum Gasteiger partial charge on any atom is -0.365 e. The highest BCUT2D eigenvalue weighted by Crippen LogP contribution is 2.12. The molecule has 0 spiro atoms. The van der Waals surface area contributed by atoms with Gasteiger partial charge in [0, 0.05) is 12.2 Å². The second-order valence-electron chi connectivity index (χ2n) is 5.79. The molecular formula is C20H17N5O. The highest BCUT2D eigenvalue weighted by molar-refractivity contribution is 6.02. The zero-order chi connectivity index (χ0) is 18.4. The molecule has 0 bridgehead atoms. The SMILES string of the molecule is Cc1ccc(CNc2ccc(C(=O)Nc3cccc(C#N)c3)nn2)cc1. The van der Waals surface area contributed by atoms with Gasteiger partial charge < -0.3 is 10.6 Å². The molecule has 0 aliphatic carbocycles. The quantitative estimate of drug-likeness (QED) is 0.739. The van der Waals surface area contributed by atoms with Crippen molar-refractivity contribution >= 4 is 17.4 Å².